The third-order valence-corrected chi connectivity index (χ3v) is 3.99. The fourth-order valence-corrected chi connectivity index (χ4v) is 2.82. The number of carbonyl (C=O) groups excluding carboxylic acids is 1. The Labute approximate surface area is 137 Å². The molecule has 3 rings (SSSR count). The first-order valence-electron chi connectivity index (χ1n) is 7.52. The fourth-order valence-electron chi connectivity index (χ4n) is 2.82. The summed E-state index contributed by atoms with van der Waals surface area (Å²) in [5.41, 5.74) is 2.09. The number of aromatic carboxylic acids is 1. The molecule has 0 fully saturated rings. The average Bonchev–Trinajstić information content (AvgIpc) is 2.92. The number of Topliss-reactive ketones (excluding diaryl/α,β-unsaturated/α-hetero) is 1. The largest absolute Gasteiger partial charge is 0.478 e. The van der Waals surface area contributed by atoms with Gasteiger partial charge in [0.25, 0.3) is 0 Å². The van der Waals surface area contributed by atoms with E-state index >= 15 is 0 Å². The van der Waals surface area contributed by atoms with Crippen molar-refractivity contribution in [2.75, 3.05) is 0 Å². The van der Waals surface area contributed by atoms with Crippen molar-refractivity contribution >= 4 is 22.7 Å². The first kappa shape index (κ1) is 15.9. The van der Waals surface area contributed by atoms with Gasteiger partial charge in [-0.15, -0.1) is 0 Å². The quantitative estimate of drug-likeness (QED) is 0.706. The van der Waals surface area contributed by atoms with E-state index in [4.69, 9.17) is 4.42 Å². The second-order valence-electron chi connectivity index (χ2n) is 5.53. The van der Waals surface area contributed by atoms with Gasteiger partial charge < -0.3 is 9.52 Å². The molecule has 0 bridgehead atoms. The zero-order valence-electron chi connectivity index (χ0n) is 13.2. The van der Waals surface area contributed by atoms with E-state index in [0.29, 0.717) is 28.5 Å². The van der Waals surface area contributed by atoms with Crippen LogP contribution >= 0.6 is 0 Å². The molecule has 2 aromatic carbocycles. The summed E-state index contributed by atoms with van der Waals surface area (Å²) >= 11 is 0. The number of fused-ring (bicyclic) bond motifs is 1. The Balaban J connectivity index is 2.34. The van der Waals surface area contributed by atoms with Crippen molar-refractivity contribution in [2.24, 2.45) is 0 Å². The molecular formula is C19H15FO4. The van der Waals surface area contributed by atoms with Gasteiger partial charge in [-0.1, -0.05) is 6.92 Å². The highest BCUT2D eigenvalue weighted by molar-refractivity contribution is 6.10. The van der Waals surface area contributed by atoms with Gasteiger partial charge in [-0.3, -0.25) is 4.79 Å². The third-order valence-electron chi connectivity index (χ3n) is 3.99. The second kappa shape index (κ2) is 5.92. The Morgan fingerprint density at radius 2 is 1.83 bits per heavy atom. The number of carbonyl (C=O) groups is 2. The van der Waals surface area contributed by atoms with Crippen LogP contribution in [0.3, 0.4) is 0 Å². The maximum Gasteiger partial charge on any atom is 0.340 e. The molecule has 0 amide bonds. The Morgan fingerprint density at radius 1 is 1.17 bits per heavy atom. The monoisotopic (exact) mass is 326 g/mol. The van der Waals surface area contributed by atoms with E-state index in [1.807, 2.05) is 6.92 Å². The summed E-state index contributed by atoms with van der Waals surface area (Å²) in [5.74, 6) is -1.50. The third kappa shape index (κ3) is 2.58. The SMILES string of the molecule is CCc1cc2c(C(=O)O)c(-c3ccc(F)cc3)oc2cc1C(C)=O. The zero-order chi connectivity index (χ0) is 17.4. The first-order chi connectivity index (χ1) is 11.4. The smallest absolute Gasteiger partial charge is 0.340 e. The minimum absolute atomic E-state index is 0.0152. The maximum atomic E-state index is 13.1. The molecule has 24 heavy (non-hydrogen) atoms. The molecule has 5 heteroatoms. The summed E-state index contributed by atoms with van der Waals surface area (Å²) in [6.07, 6.45) is 0.598. The number of furan rings is 1. The molecule has 0 saturated heterocycles. The van der Waals surface area contributed by atoms with Crippen molar-refractivity contribution in [1.82, 2.24) is 0 Å². The van der Waals surface area contributed by atoms with Crippen LogP contribution in [-0.2, 0) is 6.42 Å². The molecule has 1 N–H and O–H groups in total. The van der Waals surface area contributed by atoms with Gasteiger partial charge in [0, 0.05) is 16.5 Å². The van der Waals surface area contributed by atoms with Crippen molar-refractivity contribution < 1.29 is 23.5 Å². The van der Waals surface area contributed by atoms with Crippen LogP contribution in [-0.4, -0.2) is 16.9 Å². The van der Waals surface area contributed by atoms with Crippen molar-refractivity contribution in [2.45, 2.75) is 20.3 Å². The van der Waals surface area contributed by atoms with Crippen LogP contribution in [0.2, 0.25) is 0 Å². The van der Waals surface area contributed by atoms with Crippen molar-refractivity contribution in [3.63, 3.8) is 0 Å². The van der Waals surface area contributed by atoms with Crippen LogP contribution in [0.1, 0.15) is 40.1 Å². The molecule has 0 aliphatic heterocycles. The molecule has 1 aromatic heterocycles. The molecule has 0 aliphatic rings. The van der Waals surface area contributed by atoms with Gasteiger partial charge in [-0.05, 0) is 55.3 Å². The first-order valence-corrected chi connectivity index (χ1v) is 7.52. The van der Waals surface area contributed by atoms with Crippen LogP contribution in [0, 0.1) is 5.82 Å². The Kier molecular flexibility index (Phi) is 3.93. The van der Waals surface area contributed by atoms with Crippen LogP contribution in [0.15, 0.2) is 40.8 Å². The van der Waals surface area contributed by atoms with E-state index in [1.165, 1.54) is 31.2 Å². The van der Waals surface area contributed by atoms with E-state index < -0.39 is 11.8 Å². The van der Waals surface area contributed by atoms with Gasteiger partial charge in [-0.25, -0.2) is 9.18 Å². The van der Waals surface area contributed by atoms with Crippen LogP contribution in [0.4, 0.5) is 4.39 Å². The van der Waals surface area contributed by atoms with Crippen LogP contribution in [0.5, 0.6) is 0 Å². The number of carboxylic acids is 1. The van der Waals surface area contributed by atoms with E-state index in [-0.39, 0.29) is 17.1 Å². The lowest BCUT2D eigenvalue weighted by molar-refractivity contribution is 0.0699. The van der Waals surface area contributed by atoms with Gasteiger partial charge in [0.05, 0.1) is 0 Å². The van der Waals surface area contributed by atoms with Gasteiger partial charge in [0.2, 0.25) is 0 Å². The van der Waals surface area contributed by atoms with Crippen molar-refractivity contribution in [3.05, 3.63) is 58.9 Å². The highest BCUT2D eigenvalue weighted by Gasteiger charge is 2.23. The average molecular weight is 326 g/mol. The molecular weight excluding hydrogens is 311 g/mol. The molecule has 0 unspecified atom stereocenters. The van der Waals surface area contributed by atoms with Crippen LogP contribution in [0.25, 0.3) is 22.3 Å². The molecule has 0 spiro atoms. The lowest BCUT2D eigenvalue weighted by atomic mass is 9.97. The highest BCUT2D eigenvalue weighted by atomic mass is 19.1. The summed E-state index contributed by atoms with van der Waals surface area (Å²) in [7, 11) is 0. The van der Waals surface area contributed by atoms with E-state index in [0.717, 1.165) is 5.56 Å². The minimum Gasteiger partial charge on any atom is -0.478 e. The minimum atomic E-state index is -1.13. The van der Waals surface area contributed by atoms with Gasteiger partial charge >= 0.3 is 5.97 Å². The summed E-state index contributed by atoms with van der Waals surface area (Å²) in [6.45, 7) is 3.36. The van der Waals surface area contributed by atoms with E-state index in [2.05, 4.69) is 0 Å². The van der Waals surface area contributed by atoms with E-state index in [9.17, 15) is 19.1 Å². The van der Waals surface area contributed by atoms with Gasteiger partial charge in [0.15, 0.2) is 5.78 Å². The topological polar surface area (TPSA) is 67.5 Å². The Bertz CT molecular complexity index is 952. The van der Waals surface area contributed by atoms with Gasteiger partial charge in [0.1, 0.15) is 22.7 Å². The summed E-state index contributed by atoms with van der Waals surface area (Å²) in [5, 5.41) is 10.0. The molecule has 0 saturated carbocycles. The lowest BCUT2D eigenvalue weighted by Gasteiger charge is -2.04. The highest BCUT2D eigenvalue weighted by Crippen LogP contribution is 2.35. The predicted molar refractivity (Wildman–Crippen MR) is 87.9 cm³/mol. The Morgan fingerprint density at radius 3 is 2.38 bits per heavy atom. The number of aryl methyl sites for hydroxylation is 1. The molecule has 0 aliphatic carbocycles. The maximum absolute atomic E-state index is 13.1. The molecule has 4 nitrogen and oxygen atoms in total. The molecule has 3 aromatic rings. The van der Waals surface area contributed by atoms with Crippen molar-refractivity contribution in [1.29, 1.82) is 0 Å². The lowest BCUT2D eigenvalue weighted by Crippen LogP contribution is -2.00. The predicted octanol–water partition coefficient (Wildman–Crippen LogP) is 4.70. The summed E-state index contributed by atoms with van der Waals surface area (Å²) < 4.78 is 18.8. The number of hydrogen-bond acceptors (Lipinski definition) is 3. The summed E-state index contributed by atoms with van der Waals surface area (Å²) in [4.78, 5) is 23.6. The summed E-state index contributed by atoms with van der Waals surface area (Å²) in [6, 6.07) is 8.68. The second-order valence-corrected chi connectivity index (χ2v) is 5.53. The number of benzene rings is 2. The standard InChI is InChI=1S/C19H15FO4/c1-3-11-8-15-16(9-14(11)10(2)21)24-18(17(15)19(22)23)12-4-6-13(20)7-5-12/h4-9H,3H2,1-2H3,(H,22,23). The molecule has 1 heterocycles. The van der Waals surface area contributed by atoms with Gasteiger partial charge in [-0.2, -0.15) is 0 Å². The number of carboxylic acid groups (broad SMARTS) is 1. The number of halogens is 1. The molecule has 0 atom stereocenters. The fraction of sp³-hybridized carbons (Fsp3) is 0.158. The normalized spacial score (nSPS) is 11.0. The number of rotatable bonds is 4. The molecule has 122 valence electrons. The zero-order valence-corrected chi connectivity index (χ0v) is 13.2. The van der Waals surface area contributed by atoms with Crippen LogP contribution < -0.4 is 0 Å². The number of hydrogen-bond donors (Lipinski definition) is 1. The van der Waals surface area contributed by atoms with E-state index in [1.54, 1.807) is 12.1 Å². The van der Waals surface area contributed by atoms with Crippen molar-refractivity contribution in [3.8, 4) is 11.3 Å². The number of ketones is 1. The molecule has 0 radical (unpaired) electrons. The Hall–Kier alpha value is -2.95.